The fraction of sp³-hybridized carbons (Fsp3) is 0.0909. The Labute approximate surface area is 91.5 Å². The zero-order valence-corrected chi connectivity index (χ0v) is 8.71. The lowest BCUT2D eigenvalue weighted by atomic mass is 10.4. The molecular formula is C11H10N4O. The number of nitrogens with two attached hydrogens (primary N) is 1. The number of hydrogen-bond donors (Lipinski definition) is 1. The van der Waals surface area contributed by atoms with Crippen LogP contribution in [0.2, 0.25) is 0 Å². The molecule has 3 heterocycles. The van der Waals surface area contributed by atoms with E-state index in [1.165, 1.54) is 0 Å². The molecular weight excluding hydrogens is 204 g/mol. The zero-order valence-electron chi connectivity index (χ0n) is 8.71. The molecule has 0 spiro atoms. The van der Waals surface area contributed by atoms with E-state index >= 15 is 0 Å². The van der Waals surface area contributed by atoms with Crippen molar-refractivity contribution < 1.29 is 4.74 Å². The summed E-state index contributed by atoms with van der Waals surface area (Å²) in [5, 5.41) is 0. The molecule has 3 aromatic rings. The summed E-state index contributed by atoms with van der Waals surface area (Å²) in [6.07, 6.45) is 1.90. The van der Waals surface area contributed by atoms with Gasteiger partial charge >= 0.3 is 0 Å². The number of fused-ring (bicyclic) bond motifs is 3. The number of nitrogens with zero attached hydrogens (tertiary/aromatic N) is 3. The van der Waals surface area contributed by atoms with Gasteiger partial charge in [0.1, 0.15) is 11.3 Å². The number of anilines is 1. The second-order valence-electron chi connectivity index (χ2n) is 3.46. The molecule has 0 saturated carbocycles. The quantitative estimate of drug-likeness (QED) is 0.666. The first-order chi connectivity index (χ1) is 7.79. The van der Waals surface area contributed by atoms with Crippen LogP contribution >= 0.6 is 0 Å². The summed E-state index contributed by atoms with van der Waals surface area (Å²) in [5.74, 6) is 1.07. The molecule has 0 fully saturated rings. The molecule has 5 heteroatoms. The second-order valence-corrected chi connectivity index (χ2v) is 3.46. The van der Waals surface area contributed by atoms with Gasteiger partial charge in [-0.3, -0.25) is 4.40 Å². The van der Waals surface area contributed by atoms with Crippen LogP contribution in [0.25, 0.3) is 16.7 Å². The Morgan fingerprint density at radius 1 is 1.25 bits per heavy atom. The third-order valence-electron chi connectivity index (χ3n) is 2.52. The first-order valence-electron chi connectivity index (χ1n) is 4.87. The Morgan fingerprint density at radius 3 is 2.94 bits per heavy atom. The molecule has 0 aliphatic rings. The van der Waals surface area contributed by atoms with E-state index < -0.39 is 0 Å². The topological polar surface area (TPSA) is 65.4 Å². The van der Waals surface area contributed by atoms with Crippen molar-refractivity contribution in [1.29, 1.82) is 0 Å². The average molecular weight is 214 g/mol. The summed E-state index contributed by atoms with van der Waals surface area (Å²) in [6, 6.07) is 7.43. The summed E-state index contributed by atoms with van der Waals surface area (Å²) in [5.41, 5.74) is 8.20. The van der Waals surface area contributed by atoms with Crippen LogP contribution in [0.5, 0.6) is 5.88 Å². The number of hydrogen-bond acceptors (Lipinski definition) is 4. The Kier molecular flexibility index (Phi) is 1.73. The van der Waals surface area contributed by atoms with Gasteiger partial charge in [-0.1, -0.05) is 0 Å². The molecule has 0 atom stereocenters. The normalized spacial score (nSPS) is 11.1. The van der Waals surface area contributed by atoms with Crippen LogP contribution in [0.1, 0.15) is 0 Å². The van der Waals surface area contributed by atoms with Gasteiger partial charge in [0.2, 0.25) is 5.88 Å². The summed E-state index contributed by atoms with van der Waals surface area (Å²) >= 11 is 0. The first kappa shape index (κ1) is 8.96. The lowest BCUT2D eigenvalue weighted by molar-refractivity contribution is 0.399. The Balaban J connectivity index is 2.50. The highest BCUT2D eigenvalue weighted by Crippen LogP contribution is 2.20. The lowest BCUT2D eigenvalue weighted by Gasteiger charge is -2.05. The monoisotopic (exact) mass is 214 g/mol. The van der Waals surface area contributed by atoms with Crippen molar-refractivity contribution >= 4 is 22.5 Å². The molecule has 0 amide bonds. The van der Waals surface area contributed by atoms with Gasteiger partial charge in [0.05, 0.1) is 12.6 Å². The second kappa shape index (κ2) is 3.10. The Hall–Kier alpha value is -2.30. The van der Waals surface area contributed by atoms with Crippen LogP contribution in [0.3, 0.4) is 0 Å². The van der Waals surface area contributed by atoms with E-state index in [2.05, 4.69) is 9.97 Å². The number of pyridine rings is 1. The predicted octanol–water partition coefficient (Wildman–Crippen LogP) is 1.47. The van der Waals surface area contributed by atoms with E-state index in [9.17, 15) is 0 Å². The van der Waals surface area contributed by atoms with Gasteiger partial charge in [0.15, 0.2) is 5.65 Å². The molecule has 0 bridgehead atoms. The number of nitrogen functional groups attached to an aromatic ring is 1. The van der Waals surface area contributed by atoms with Crippen LogP contribution in [0, 0.1) is 0 Å². The van der Waals surface area contributed by atoms with Gasteiger partial charge in [-0.15, -0.1) is 0 Å². The largest absolute Gasteiger partial charge is 0.481 e. The van der Waals surface area contributed by atoms with Crippen molar-refractivity contribution in [2.75, 3.05) is 12.8 Å². The molecule has 0 unspecified atom stereocenters. The molecule has 80 valence electrons. The molecule has 0 aromatic carbocycles. The van der Waals surface area contributed by atoms with Crippen LogP contribution in [0.15, 0.2) is 30.5 Å². The van der Waals surface area contributed by atoms with Gasteiger partial charge < -0.3 is 10.5 Å². The van der Waals surface area contributed by atoms with Crippen molar-refractivity contribution in [3.8, 4) is 5.88 Å². The molecule has 0 aliphatic heterocycles. The Bertz CT molecular complexity index is 674. The highest BCUT2D eigenvalue weighted by molar-refractivity contribution is 5.81. The molecule has 0 saturated heterocycles. The van der Waals surface area contributed by atoms with E-state index in [1.807, 2.05) is 28.8 Å². The number of aromatic nitrogens is 3. The fourth-order valence-electron chi connectivity index (χ4n) is 1.76. The number of methoxy groups -OCH3 is 1. The van der Waals surface area contributed by atoms with E-state index in [4.69, 9.17) is 10.5 Å². The maximum Gasteiger partial charge on any atom is 0.215 e. The van der Waals surface area contributed by atoms with Crippen LogP contribution < -0.4 is 10.5 Å². The van der Waals surface area contributed by atoms with Crippen LogP contribution in [0.4, 0.5) is 5.82 Å². The smallest absolute Gasteiger partial charge is 0.215 e. The third-order valence-corrected chi connectivity index (χ3v) is 2.52. The van der Waals surface area contributed by atoms with Crippen LogP contribution in [-0.4, -0.2) is 21.5 Å². The summed E-state index contributed by atoms with van der Waals surface area (Å²) < 4.78 is 7.00. The van der Waals surface area contributed by atoms with Crippen molar-refractivity contribution in [3.63, 3.8) is 0 Å². The predicted molar refractivity (Wildman–Crippen MR) is 61.5 cm³/mol. The summed E-state index contributed by atoms with van der Waals surface area (Å²) in [7, 11) is 1.59. The standard InChI is InChI=1S/C11H10N4O/c1-16-9-5-4-7-11(14-9)15-6-2-3-8(15)10(12)13-7/h2-6H,1H3,(H2,12,13). The minimum absolute atomic E-state index is 0.504. The SMILES string of the molecule is COc1ccc2nc(N)c3cccn3c2n1. The fourth-order valence-corrected chi connectivity index (χ4v) is 1.76. The van der Waals surface area contributed by atoms with Crippen LogP contribution in [-0.2, 0) is 0 Å². The van der Waals surface area contributed by atoms with Crippen molar-refractivity contribution in [2.45, 2.75) is 0 Å². The van der Waals surface area contributed by atoms with Crippen molar-refractivity contribution in [2.24, 2.45) is 0 Å². The molecule has 0 aliphatic carbocycles. The molecule has 5 nitrogen and oxygen atoms in total. The van der Waals surface area contributed by atoms with Gasteiger partial charge in [-0.05, 0) is 18.2 Å². The maximum absolute atomic E-state index is 5.85. The summed E-state index contributed by atoms with van der Waals surface area (Å²) in [4.78, 5) is 8.65. The lowest BCUT2D eigenvalue weighted by Crippen LogP contribution is -2.00. The molecule has 2 N–H and O–H groups in total. The van der Waals surface area contributed by atoms with Crippen molar-refractivity contribution in [3.05, 3.63) is 30.5 Å². The van der Waals surface area contributed by atoms with E-state index in [0.717, 1.165) is 16.7 Å². The minimum Gasteiger partial charge on any atom is -0.481 e. The number of ether oxygens (including phenoxy) is 1. The molecule has 0 radical (unpaired) electrons. The van der Waals surface area contributed by atoms with Gasteiger partial charge in [-0.25, -0.2) is 4.98 Å². The Morgan fingerprint density at radius 2 is 2.12 bits per heavy atom. The highest BCUT2D eigenvalue weighted by Gasteiger charge is 2.07. The molecule has 3 aromatic heterocycles. The van der Waals surface area contributed by atoms with E-state index in [-0.39, 0.29) is 0 Å². The zero-order chi connectivity index (χ0) is 11.1. The van der Waals surface area contributed by atoms with E-state index in [0.29, 0.717) is 11.7 Å². The first-order valence-corrected chi connectivity index (χ1v) is 4.87. The van der Waals surface area contributed by atoms with Gasteiger partial charge in [0, 0.05) is 12.3 Å². The average Bonchev–Trinajstić information content (AvgIpc) is 2.78. The highest BCUT2D eigenvalue weighted by atomic mass is 16.5. The maximum atomic E-state index is 5.85. The molecule has 16 heavy (non-hydrogen) atoms. The third kappa shape index (κ3) is 1.11. The van der Waals surface area contributed by atoms with Gasteiger partial charge in [-0.2, -0.15) is 4.98 Å². The van der Waals surface area contributed by atoms with E-state index in [1.54, 1.807) is 13.2 Å². The minimum atomic E-state index is 0.504. The number of rotatable bonds is 1. The van der Waals surface area contributed by atoms with Crippen molar-refractivity contribution in [1.82, 2.24) is 14.4 Å². The molecule has 3 rings (SSSR count). The summed E-state index contributed by atoms with van der Waals surface area (Å²) in [6.45, 7) is 0. The van der Waals surface area contributed by atoms with Gasteiger partial charge in [0.25, 0.3) is 0 Å².